The molecule has 34 heavy (non-hydrogen) atoms. The van der Waals surface area contributed by atoms with E-state index in [0.717, 1.165) is 27.8 Å². The second kappa shape index (κ2) is 9.41. The fourth-order valence-corrected chi connectivity index (χ4v) is 6.20. The molecule has 3 heterocycles. The van der Waals surface area contributed by atoms with Crippen LogP contribution in [0, 0.1) is 18.3 Å². The van der Waals surface area contributed by atoms with Crippen LogP contribution < -0.4 is 10.6 Å². The van der Waals surface area contributed by atoms with Gasteiger partial charge in [0.05, 0.1) is 17.6 Å². The molecule has 0 spiro atoms. The van der Waals surface area contributed by atoms with Gasteiger partial charge in [0.15, 0.2) is 10.1 Å². The van der Waals surface area contributed by atoms with Gasteiger partial charge in [-0.25, -0.2) is 0 Å². The summed E-state index contributed by atoms with van der Waals surface area (Å²) in [6, 6.07) is 14.4. The smallest absolute Gasteiger partial charge is 0.219 e. The predicted molar refractivity (Wildman–Crippen MR) is 133 cm³/mol. The van der Waals surface area contributed by atoms with Gasteiger partial charge in [0, 0.05) is 35.8 Å². The van der Waals surface area contributed by atoms with Crippen LogP contribution in [0.2, 0.25) is 0 Å². The number of thioether (sulfide) groups is 1. The minimum absolute atomic E-state index is 0.0406. The number of nitrogens with zero attached hydrogens (tertiary/aromatic N) is 5. The number of hydrogen-bond acceptors (Lipinski definition) is 9. The van der Waals surface area contributed by atoms with Gasteiger partial charge in [-0.3, -0.25) is 14.7 Å². The number of ketones is 1. The lowest BCUT2D eigenvalue weighted by atomic mass is 9.76. The van der Waals surface area contributed by atoms with Crippen LogP contribution in [0.3, 0.4) is 0 Å². The molecule has 0 saturated heterocycles. The van der Waals surface area contributed by atoms with Gasteiger partial charge in [-0.15, -0.1) is 10.2 Å². The summed E-state index contributed by atoms with van der Waals surface area (Å²) < 4.78 is 0.806. The average Bonchev–Trinajstić information content (AvgIpc) is 3.32. The SMILES string of the molecule is Cc1ccc(CSc2nnc(N3C(N)=C(C#N)[C@@H](c4cccnc4)C4=C3CCCC4=O)s2)cc1. The lowest BCUT2D eigenvalue weighted by molar-refractivity contribution is -0.116. The molecule has 7 nitrogen and oxygen atoms in total. The Labute approximate surface area is 206 Å². The molecule has 0 fully saturated rings. The van der Waals surface area contributed by atoms with Crippen LogP contribution in [0.25, 0.3) is 0 Å². The number of pyridine rings is 1. The van der Waals surface area contributed by atoms with Crippen LogP contribution in [0.4, 0.5) is 5.13 Å². The van der Waals surface area contributed by atoms with Crippen molar-refractivity contribution in [3.05, 3.63) is 88.1 Å². The molecule has 2 aromatic heterocycles. The maximum atomic E-state index is 13.1. The van der Waals surface area contributed by atoms with Crippen molar-refractivity contribution in [1.82, 2.24) is 15.2 Å². The number of Topliss-reactive ketones (excluding diaryl/α,β-unsaturated/α-hetero) is 1. The quantitative estimate of drug-likeness (QED) is 0.510. The van der Waals surface area contributed by atoms with E-state index in [1.165, 1.54) is 22.5 Å². The number of aromatic nitrogens is 3. The molecule has 9 heteroatoms. The maximum Gasteiger partial charge on any atom is 0.219 e. The van der Waals surface area contributed by atoms with Crippen LogP contribution in [0.5, 0.6) is 0 Å². The van der Waals surface area contributed by atoms with Crippen LogP contribution in [-0.4, -0.2) is 21.0 Å². The first-order valence-electron chi connectivity index (χ1n) is 10.9. The average molecular weight is 487 g/mol. The van der Waals surface area contributed by atoms with E-state index in [0.29, 0.717) is 34.9 Å². The standard InChI is InChI=1S/C25H22N6OS2/c1-15-7-9-16(10-8-15)14-33-25-30-29-24(34-25)31-19-5-2-6-20(32)22(19)21(18(12-26)23(31)27)17-4-3-11-28-13-17/h3-4,7-11,13,21H,2,5-6,14,27H2,1H3/t21-/m1/s1. The Hall–Kier alpha value is -3.48. The molecule has 0 unspecified atom stereocenters. The first kappa shape index (κ1) is 22.3. The molecule has 5 rings (SSSR count). The van der Waals surface area contributed by atoms with Crippen molar-refractivity contribution < 1.29 is 4.79 Å². The zero-order valence-corrected chi connectivity index (χ0v) is 20.2. The van der Waals surface area contributed by atoms with Crippen LogP contribution in [0.15, 0.2) is 75.8 Å². The van der Waals surface area contributed by atoms with Crippen molar-refractivity contribution in [2.75, 3.05) is 4.90 Å². The van der Waals surface area contributed by atoms with Gasteiger partial charge in [0.2, 0.25) is 5.13 Å². The third kappa shape index (κ3) is 4.11. The molecule has 1 atom stereocenters. The third-order valence-electron chi connectivity index (χ3n) is 6.00. The van der Waals surface area contributed by atoms with E-state index in [2.05, 4.69) is 52.4 Å². The summed E-state index contributed by atoms with van der Waals surface area (Å²) in [6.07, 6.45) is 5.24. The minimum atomic E-state index is -0.513. The van der Waals surface area contributed by atoms with Crippen molar-refractivity contribution in [1.29, 1.82) is 5.26 Å². The summed E-state index contributed by atoms with van der Waals surface area (Å²) in [7, 11) is 0. The molecular formula is C25H22N6OS2. The molecule has 0 saturated carbocycles. The van der Waals surface area contributed by atoms with Crippen molar-refractivity contribution in [2.45, 2.75) is 42.2 Å². The van der Waals surface area contributed by atoms with Crippen molar-refractivity contribution in [3.63, 3.8) is 0 Å². The summed E-state index contributed by atoms with van der Waals surface area (Å²) in [5.74, 6) is 0.607. The highest BCUT2D eigenvalue weighted by atomic mass is 32.2. The van der Waals surface area contributed by atoms with Crippen molar-refractivity contribution >= 4 is 34.0 Å². The van der Waals surface area contributed by atoms with E-state index >= 15 is 0 Å². The largest absolute Gasteiger partial charge is 0.384 e. The number of allylic oxidation sites excluding steroid dienone is 3. The molecule has 0 radical (unpaired) electrons. The maximum absolute atomic E-state index is 13.1. The van der Waals surface area contributed by atoms with Gasteiger partial charge < -0.3 is 5.73 Å². The Bertz CT molecular complexity index is 1340. The Kier molecular flexibility index (Phi) is 6.18. The highest BCUT2D eigenvalue weighted by Crippen LogP contribution is 2.47. The number of nitriles is 1. The number of carbonyl (C=O) groups is 1. The summed E-state index contributed by atoms with van der Waals surface area (Å²) in [5.41, 5.74) is 11.6. The molecule has 3 aromatic rings. The Morgan fingerprint density at radius 3 is 2.79 bits per heavy atom. The van der Waals surface area contributed by atoms with E-state index in [9.17, 15) is 10.1 Å². The van der Waals surface area contributed by atoms with Crippen LogP contribution in [-0.2, 0) is 10.5 Å². The van der Waals surface area contributed by atoms with E-state index < -0.39 is 5.92 Å². The van der Waals surface area contributed by atoms with Crippen LogP contribution in [0.1, 0.15) is 41.9 Å². The zero-order chi connectivity index (χ0) is 23.7. The Balaban J connectivity index is 1.51. The highest BCUT2D eigenvalue weighted by Gasteiger charge is 2.41. The molecule has 1 aliphatic carbocycles. The molecule has 1 aliphatic heterocycles. The summed E-state index contributed by atoms with van der Waals surface area (Å²) in [4.78, 5) is 19.1. The van der Waals surface area contributed by atoms with E-state index in [1.807, 2.05) is 12.1 Å². The zero-order valence-electron chi connectivity index (χ0n) is 18.6. The van der Waals surface area contributed by atoms with Crippen LogP contribution >= 0.6 is 23.1 Å². The van der Waals surface area contributed by atoms with Crippen molar-refractivity contribution in [3.8, 4) is 6.07 Å². The third-order valence-corrected chi connectivity index (χ3v) is 8.11. The summed E-state index contributed by atoms with van der Waals surface area (Å²) in [6.45, 7) is 2.07. The molecule has 1 aromatic carbocycles. The van der Waals surface area contributed by atoms with E-state index in [1.54, 1.807) is 29.1 Å². The summed E-state index contributed by atoms with van der Waals surface area (Å²) >= 11 is 3.02. The minimum Gasteiger partial charge on any atom is -0.384 e. The Morgan fingerprint density at radius 2 is 2.06 bits per heavy atom. The fourth-order valence-electron chi connectivity index (χ4n) is 4.37. The molecule has 2 aliphatic rings. The molecule has 0 bridgehead atoms. The predicted octanol–water partition coefficient (Wildman–Crippen LogP) is 4.84. The first-order chi connectivity index (χ1) is 16.6. The van der Waals surface area contributed by atoms with Crippen molar-refractivity contribution in [2.24, 2.45) is 5.73 Å². The van der Waals surface area contributed by atoms with E-state index in [4.69, 9.17) is 5.73 Å². The lowest BCUT2D eigenvalue weighted by Crippen LogP contribution is -2.38. The van der Waals surface area contributed by atoms with Gasteiger partial charge >= 0.3 is 0 Å². The number of nitrogens with two attached hydrogens (primary N) is 1. The van der Waals surface area contributed by atoms with Gasteiger partial charge in [-0.1, -0.05) is 59.0 Å². The number of anilines is 1. The van der Waals surface area contributed by atoms with E-state index in [-0.39, 0.29) is 5.78 Å². The Morgan fingerprint density at radius 1 is 1.24 bits per heavy atom. The molecule has 170 valence electrons. The number of rotatable bonds is 5. The molecule has 0 amide bonds. The van der Waals surface area contributed by atoms with Gasteiger partial charge in [-0.05, 0) is 37.0 Å². The fraction of sp³-hybridized carbons (Fsp3) is 0.240. The number of benzene rings is 1. The second-order valence-electron chi connectivity index (χ2n) is 8.23. The number of hydrogen-bond donors (Lipinski definition) is 1. The monoisotopic (exact) mass is 486 g/mol. The number of carbonyl (C=O) groups excluding carboxylic acids is 1. The highest BCUT2D eigenvalue weighted by molar-refractivity contribution is 8.00. The first-order valence-corrected chi connectivity index (χ1v) is 12.7. The second-order valence-corrected chi connectivity index (χ2v) is 10.4. The molecule has 2 N–H and O–H groups in total. The lowest BCUT2D eigenvalue weighted by Gasteiger charge is -2.37. The van der Waals surface area contributed by atoms with Gasteiger partial charge in [-0.2, -0.15) is 5.26 Å². The van der Waals surface area contributed by atoms with Gasteiger partial charge in [0.25, 0.3) is 0 Å². The number of aryl methyl sites for hydroxylation is 1. The summed E-state index contributed by atoms with van der Waals surface area (Å²) in [5, 5.41) is 19.4. The normalized spacial score (nSPS) is 18.2. The molecular weight excluding hydrogens is 464 g/mol. The van der Waals surface area contributed by atoms with Gasteiger partial charge in [0.1, 0.15) is 5.82 Å². The topological polar surface area (TPSA) is 109 Å².